The third kappa shape index (κ3) is 1.71. The van der Waals surface area contributed by atoms with E-state index in [9.17, 15) is 4.79 Å². The molecule has 0 unspecified atom stereocenters. The largest absolute Gasteiger partial charge is 0.222 e. The number of nitrogens with zero attached hydrogens (tertiary/aromatic N) is 1. The summed E-state index contributed by atoms with van der Waals surface area (Å²) in [5.41, 5.74) is 0.714. The van der Waals surface area contributed by atoms with Crippen molar-refractivity contribution in [3.63, 3.8) is 0 Å². The minimum atomic E-state index is 0.714. The monoisotopic (exact) mass is 131 g/mol. The first-order valence-corrected chi connectivity index (χ1v) is 2.81. The number of hydrogen-bond donors (Lipinski definition) is 0. The standard InChI is InChI=1S/C8H5NO/c10-7-6-9-8-4-2-1-3-5-8/h1-5H. The average molecular weight is 131 g/mol. The normalized spacial score (nSPS) is 7.60. The summed E-state index contributed by atoms with van der Waals surface area (Å²) in [5, 5.41) is 0. The van der Waals surface area contributed by atoms with Crippen LogP contribution in [0, 0.1) is 0 Å². The van der Waals surface area contributed by atoms with Gasteiger partial charge in [-0.3, -0.25) is 0 Å². The summed E-state index contributed by atoms with van der Waals surface area (Å²) < 4.78 is 0. The molecule has 2 nitrogen and oxygen atoms in total. The minimum Gasteiger partial charge on any atom is -0.222 e. The van der Waals surface area contributed by atoms with Gasteiger partial charge >= 0.3 is 0 Å². The maximum Gasteiger partial charge on any atom is 0.197 e. The zero-order valence-corrected chi connectivity index (χ0v) is 5.24. The molecule has 0 fully saturated rings. The Hall–Kier alpha value is -1.62. The van der Waals surface area contributed by atoms with Crippen LogP contribution in [-0.2, 0) is 4.79 Å². The number of carbonyl (C=O) groups excluding carboxylic acids is 1. The molecule has 0 aromatic heterocycles. The zero-order valence-electron chi connectivity index (χ0n) is 5.24. The molecule has 0 amide bonds. The molecule has 0 saturated carbocycles. The second-order valence-corrected chi connectivity index (χ2v) is 1.66. The van der Waals surface area contributed by atoms with Gasteiger partial charge in [-0.2, -0.15) is 4.99 Å². The topological polar surface area (TPSA) is 29.4 Å². The molecule has 0 aliphatic carbocycles. The Kier molecular flexibility index (Phi) is 2.22. The Labute approximate surface area is 58.5 Å². The summed E-state index contributed by atoms with van der Waals surface area (Å²) in [6.07, 6.45) is 0. The summed E-state index contributed by atoms with van der Waals surface area (Å²) in [6, 6.07) is 9.12. The summed E-state index contributed by atoms with van der Waals surface area (Å²) in [5.74, 6) is 3.53. The van der Waals surface area contributed by atoms with Crippen LogP contribution in [-0.4, -0.2) is 11.8 Å². The second-order valence-electron chi connectivity index (χ2n) is 1.66. The van der Waals surface area contributed by atoms with E-state index in [1.54, 1.807) is 12.1 Å². The van der Waals surface area contributed by atoms with E-state index in [0.717, 1.165) is 0 Å². The molecule has 0 aliphatic heterocycles. The molecule has 48 valence electrons. The van der Waals surface area contributed by atoms with Gasteiger partial charge in [0.25, 0.3) is 0 Å². The number of para-hydroxylation sites is 1. The van der Waals surface area contributed by atoms with E-state index in [0.29, 0.717) is 5.69 Å². The first kappa shape index (κ1) is 6.50. The van der Waals surface area contributed by atoms with Crippen molar-refractivity contribution in [2.75, 3.05) is 0 Å². The molecule has 10 heavy (non-hydrogen) atoms. The molecule has 0 aliphatic rings. The lowest BCUT2D eigenvalue weighted by Crippen LogP contribution is -1.60. The van der Waals surface area contributed by atoms with Crippen molar-refractivity contribution < 1.29 is 4.79 Å². The minimum absolute atomic E-state index is 0.714. The Morgan fingerprint density at radius 2 is 1.90 bits per heavy atom. The van der Waals surface area contributed by atoms with Gasteiger partial charge in [0, 0.05) is 0 Å². The van der Waals surface area contributed by atoms with Crippen LogP contribution >= 0.6 is 0 Å². The van der Waals surface area contributed by atoms with Gasteiger partial charge in [-0.25, -0.2) is 4.79 Å². The van der Waals surface area contributed by atoms with Crippen molar-refractivity contribution in [3.05, 3.63) is 30.3 Å². The fourth-order valence-corrected chi connectivity index (χ4v) is 0.590. The molecule has 1 aromatic carbocycles. The van der Waals surface area contributed by atoms with E-state index in [-0.39, 0.29) is 0 Å². The van der Waals surface area contributed by atoms with Gasteiger partial charge in [0.1, 0.15) is 0 Å². The van der Waals surface area contributed by atoms with E-state index in [1.807, 2.05) is 18.2 Å². The number of aliphatic imine (C=N–C) groups is 1. The molecule has 0 radical (unpaired) electrons. The molecular formula is C8H5NO. The quantitative estimate of drug-likeness (QED) is 0.418. The summed E-state index contributed by atoms with van der Waals surface area (Å²) in [7, 11) is 0. The second kappa shape index (κ2) is 3.41. The van der Waals surface area contributed by atoms with Crippen LogP contribution in [0.4, 0.5) is 5.69 Å². The lowest BCUT2D eigenvalue weighted by molar-refractivity contribution is 0.571. The number of rotatable bonds is 1. The van der Waals surface area contributed by atoms with Crippen LogP contribution < -0.4 is 0 Å². The van der Waals surface area contributed by atoms with Gasteiger partial charge in [-0.05, 0) is 12.1 Å². The molecule has 0 spiro atoms. The highest BCUT2D eigenvalue weighted by Crippen LogP contribution is 2.06. The molecule has 0 atom stereocenters. The highest BCUT2D eigenvalue weighted by atomic mass is 16.1. The summed E-state index contributed by atoms with van der Waals surface area (Å²) >= 11 is 0. The molecule has 0 heterocycles. The van der Waals surface area contributed by atoms with Crippen LogP contribution in [0.2, 0.25) is 0 Å². The molecule has 0 bridgehead atoms. The van der Waals surface area contributed by atoms with Gasteiger partial charge in [-0.15, -0.1) is 0 Å². The van der Waals surface area contributed by atoms with Gasteiger partial charge in [-0.1, -0.05) is 18.2 Å². The lowest BCUT2D eigenvalue weighted by atomic mass is 10.3. The van der Waals surface area contributed by atoms with E-state index in [4.69, 9.17) is 0 Å². The van der Waals surface area contributed by atoms with E-state index >= 15 is 0 Å². The third-order valence-corrected chi connectivity index (χ3v) is 0.987. The van der Waals surface area contributed by atoms with Crippen LogP contribution in [0.5, 0.6) is 0 Å². The number of benzene rings is 1. The van der Waals surface area contributed by atoms with Crippen molar-refractivity contribution >= 4 is 17.5 Å². The molecule has 0 N–H and O–H groups in total. The smallest absolute Gasteiger partial charge is 0.197 e. The summed E-state index contributed by atoms with van der Waals surface area (Å²) in [6.45, 7) is 0. The first-order chi connectivity index (χ1) is 4.93. The fraction of sp³-hybridized carbons (Fsp3) is 0. The van der Waals surface area contributed by atoms with Gasteiger partial charge in [0.15, 0.2) is 5.94 Å². The molecule has 1 aromatic rings. The van der Waals surface area contributed by atoms with Gasteiger partial charge in [0.05, 0.1) is 11.6 Å². The maximum atomic E-state index is 9.65. The van der Waals surface area contributed by atoms with Crippen LogP contribution in [0.15, 0.2) is 35.3 Å². The van der Waals surface area contributed by atoms with Crippen molar-refractivity contribution in [1.29, 1.82) is 0 Å². The van der Waals surface area contributed by atoms with E-state index in [2.05, 4.69) is 10.9 Å². The predicted octanol–water partition coefficient (Wildman–Crippen LogP) is 1.38. The van der Waals surface area contributed by atoms with Crippen molar-refractivity contribution in [1.82, 2.24) is 0 Å². The highest BCUT2D eigenvalue weighted by molar-refractivity contribution is 5.86. The molecule has 2 heteroatoms. The SMILES string of the molecule is O=C=C=Nc1ccccc1. The van der Waals surface area contributed by atoms with Crippen molar-refractivity contribution in [3.8, 4) is 0 Å². The predicted molar refractivity (Wildman–Crippen MR) is 39.2 cm³/mol. The maximum absolute atomic E-state index is 9.65. The van der Waals surface area contributed by atoms with Crippen molar-refractivity contribution in [2.24, 2.45) is 4.99 Å². The Balaban J connectivity index is 2.97. The third-order valence-electron chi connectivity index (χ3n) is 0.987. The average Bonchev–Trinajstić information content (AvgIpc) is 2.03. The van der Waals surface area contributed by atoms with Gasteiger partial charge in [0.2, 0.25) is 0 Å². The van der Waals surface area contributed by atoms with Crippen LogP contribution in [0.1, 0.15) is 0 Å². The molecule has 0 saturated heterocycles. The van der Waals surface area contributed by atoms with E-state index in [1.165, 1.54) is 5.94 Å². The lowest BCUT2D eigenvalue weighted by Gasteiger charge is -1.83. The van der Waals surface area contributed by atoms with Crippen molar-refractivity contribution in [2.45, 2.75) is 0 Å². The Morgan fingerprint density at radius 1 is 1.20 bits per heavy atom. The molecular weight excluding hydrogens is 126 g/mol. The highest BCUT2D eigenvalue weighted by Gasteiger charge is 1.79. The van der Waals surface area contributed by atoms with Gasteiger partial charge < -0.3 is 0 Å². The van der Waals surface area contributed by atoms with Crippen LogP contribution in [0.25, 0.3) is 0 Å². The summed E-state index contributed by atoms with van der Waals surface area (Å²) in [4.78, 5) is 13.3. The van der Waals surface area contributed by atoms with E-state index < -0.39 is 0 Å². The Morgan fingerprint density at radius 3 is 2.50 bits per heavy atom. The first-order valence-electron chi connectivity index (χ1n) is 2.81. The fourth-order valence-electron chi connectivity index (χ4n) is 0.590. The Bertz CT molecular complexity index is 279. The van der Waals surface area contributed by atoms with Crippen LogP contribution in [0.3, 0.4) is 0 Å². The number of hydrogen-bond acceptors (Lipinski definition) is 2. The molecule has 1 rings (SSSR count). The zero-order chi connectivity index (χ0) is 7.23.